The zero-order chi connectivity index (χ0) is 20.4. The maximum Gasteiger partial charge on any atom is 0.243 e. The molecule has 6 nitrogen and oxygen atoms in total. The number of aromatic nitrogens is 2. The zero-order valence-electron chi connectivity index (χ0n) is 15.4. The summed E-state index contributed by atoms with van der Waals surface area (Å²) in [7, 11) is -3.59. The molecule has 0 spiro atoms. The maximum absolute atomic E-state index is 13.1. The van der Waals surface area contributed by atoms with Crippen LogP contribution in [0.25, 0.3) is 11.3 Å². The van der Waals surface area contributed by atoms with Gasteiger partial charge in [0.2, 0.25) is 10.0 Å². The molecule has 0 saturated carbocycles. The van der Waals surface area contributed by atoms with Crippen LogP contribution in [0.3, 0.4) is 0 Å². The van der Waals surface area contributed by atoms with Crippen molar-refractivity contribution in [1.29, 1.82) is 0 Å². The quantitative estimate of drug-likeness (QED) is 0.631. The minimum absolute atomic E-state index is 0.194. The van der Waals surface area contributed by atoms with Crippen molar-refractivity contribution in [3.8, 4) is 11.3 Å². The van der Waals surface area contributed by atoms with Crippen LogP contribution in [0, 0.1) is 5.82 Å². The number of halogens is 2. The molecular weight excluding hydrogens is 415 g/mol. The van der Waals surface area contributed by atoms with Gasteiger partial charge in [-0.1, -0.05) is 17.7 Å². The van der Waals surface area contributed by atoms with Crippen LogP contribution in [0.5, 0.6) is 0 Å². The molecule has 1 aromatic heterocycles. The van der Waals surface area contributed by atoms with Gasteiger partial charge in [0, 0.05) is 42.8 Å². The number of hydrogen-bond acceptors (Lipinski definition) is 5. The predicted molar refractivity (Wildman–Crippen MR) is 110 cm³/mol. The SMILES string of the molecule is O=S(=O)(c1cccc(Cl)c1)N1CCN(c2cc(-c3ccc(F)cc3)ncn2)CC1. The third-order valence-electron chi connectivity index (χ3n) is 4.79. The Bertz CT molecular complexity index is 1120. The maximum atomic E-state index is 13.1. The second-order valence-corrected chi connectivity index (χ2v) is 8.99. The largest absolute Gasteiger partial charge is 0.354 e. The smallest absolute Gasteiger partial charge is 0.243 e. The molecule has 0 bridgehead atoms. The first-order valence-corrected chi connectivity index (χ1v) is 10.8. The van der Waals surface area contributed by atoms with Gasteiger partial charge >= 0.3 is 0 Å². The highest BCUT2D eigenvalue weighted by Gasteiger charge is 2.29. The summed E-state index contributed by atoms with van der Waals surface area (Å²) in [5, 5.41) is 0.388. The van der Waals surface area contributed by atoms with Gasteiger partial charge in [-0.2, -0.15) is 4.31 Å². The van der Waals surface area contributed by atoms with E-state index in [2.05, 4.69) is 9.97 Å². The molecule has 0 N–H and O–H groups in total. The Hall–Kier alpha value is -2.55. The van der Waals surface area contributed by atoms with Gasteiger partial charge in [-0.15, -0.1) is 0 Å². The lowest BCUT2D eigenvalue weighted by molar-refractivity contribution is 0.384. The van der Waals surface area contributed by atoms with Crippen LogP contribution in [0.4, 0.5) is 10.2 Å². The highest BCUT2D eigenvalue weighted by Crippen LogP contribution is 2.24. The second kappa shape index (κ2) is 8.06. The van der Waals surface area contributed by atoms with Gasteiger partial charge in [0.25, 0.3) is 0 Å². The van der Waals surface area contributed by atoms with Crippen molar-refractivity contribution in [3.05, 3.63) is 71.8 Å². The number of nitrogens with zero attached hydrogens (tertiary/aromatic N) is 4. The Kier molecular flexibility index (Phi) is 5.49. The predicted octanol–water partition coefficient (Wildman–Crippen LogP) is 3.45. The van der Waals surface area contributed by atoms with Crippen molar-refractivity contribution in [1.82, 2.24) is 14.3 Å². The van der Waals surface area contributed by atoms with Crippen LogP contribution in [0.1, 0.15) is 0 Å². The van der Waals surface area contributed by atoms with Crippen LogP contribution >= 0.6 is 11.6 Å². The fraction of sp³-hybridized carbons (Fsp3) is 0.200. The van der Waals surface area contributed by atoms with Crippen molar-refractivity contribution in [2.24, 2.45) is 0 Å². The number of hydrogen-bond donors (Lipinski definition) is 0. The summed E-state index contributed by atoms with van der Waals surface area (Å²) in [6.07, 6.45) is 1.46. The fourth-order valence-corrected chi connectivity index (χ4v) is 4.96. The van der Waals surface area contributed by atoms with Crippen molar-refractivity contribution >= 4 is 27.4 Å². The standard InChI is InChI=1S/C20H18ClFN4O2S/c21-16-2-1-3-18(12-16)29(27,28)26-10-8-25(9-11-26)20-13-19(23-14-24-20)15-4-6-17(22)7-5-15/h1-7,12-14H,8-11H2. The summed E-state index contributed by atoms with van der Waals surface area (Å²) < 4.78 is 40.3. The molecule has 0 aliphatic carbocycles. The van der Waals surface area contributed by atoms with Gasteiger partial charge in [0.15, 0.2) is 0 Å². The molecule has 1 fully saturated rings. The molecule has 150 valence electrons. The van der Waals surface area contributed by atoms with Gasteiger partial charge in [0.05, 0.1) is 10.6 Å². The Balaban J connectivity index is 1.49. The van der Waals surface area contributed by atoms with E-state index in [0.29, 0.717) is 42.7 Å². The Labute approximate surface area is 173 Å². The molecule has 9 heteroatoms. The summed E-state index contributed by atoms with van der Waals surface area (Å²) in [6.45, 7) is 1.68. The van der Waals surface area contributed by atoms with Crippen LogP contribution < -0.4 is 4.90 Å². The molecule has 1 saturated heterocycles. The summed E-state index contributed by atoms with van der Waals surface area (Å²) in [4.78, 5) is 10.8. The first-order valence-electron chi connectivity index (χ1n) is 9.02. The van der Waals surface area contributed by atoms with Crippen LogP contribution in [-0.4, -0.2) is 48.9 Å². The molecular formula is C20H18ClFN4O2S. The summed E-state index contributed by atoms with van der Waals surface area (Å²) in [5.41, 5.74) is 1.47. The van der Waals surface area contributed by atoms with E-state index in [1.165, 1.54) is 28.8 Å². The Morgan fingerprint density at radius 3 is 2.34 bits per heavy atom. The number of sulfonamides is 1. The van der Waals surface area contributed by atoms with Gasteiger partial charge in [-0.05, 0) is 42.5 Å². The van der Waals surface area contributed by atoms with Crippen LogP contribution in [0.15, 0.2) is 65.8 Å². The van der Waals surface area contributed by atoms with E-state index in [4.69, 9.17) is 11.6 Å². The summed E-state index contributed by atoms with van der Waals surface area (Å²) >= 11 is 5.94. The van der Waals surface area contributed by atoms with Crippen molar-refractivity contribution < 1.29 is 12.8 Å². The molecule has 0 atom stereocenters. The Morgan fingerprint density at radius 1 is 0.931 bits per heavy atom. The average Bonchev–Trinajstić information content (AvgIpc) is 2.74. The van der Waals surface area contributed by atoms with E-state index in [0.717, 1.165) is 5.56 Å². The van der Waals surface area contributed by atoms with Crippen LogP contribution in [-0.2, 0) is 10.0 Å². The van der Waals surface area contributed by atoms with Crippen LogP contribution in [0.2, 0.25) is 5.02 Å². The minimum atomic E-state index is -3.59. The molecule has 1 aliphatic heterocycles. The van der Waals surface area contributed by atoms with Crippen molar-refractivity contribution in [2.45, 2.75) is 4.90 Å². The van der Waals surface area contributed by atoms with E-state index < -0.39 is 10.0 Å². The minimum Gasteiger partial charge on any atom is -0.354 e. The first-order chi connectivity index (χ1) is 13.9. The normalized spacial score (nSPS) is 15.4. The second-order valence-electron chi connectivity index (χ2n) is 6.62. The molecule has 0 radical (unpaired) electrons. The molecule has 0 unspecified atom stereocenters. The average molecular weight is 433 g/mol. The summed E-state index contributed by atoms with van der Waals surface area (Å²) in [6, 6.07) is 14.2. The zero-order valence-corrected chi connectivity index (χ0v) is 16.9. The molecule has 29 heavy (non-hydrogen) atoms. The molecule has 2 heterocycles. The van der Waals surface area contributed by atoms with Gasteiger partial charge in [-0.3, -0.25) is 0 Å². The third kappa shape index (κ3) is 4.24. The van der Waals surface area contributed by atoms with Gasteiger partial charge in [-0.25, -0.2) is 22.8 Å². The van der Waals surface area contributed by atoms with Crippen molar-refractivity contribution in [3.63, 3.8) is 0 Å². The van der Waals surface area contributed by atoms with E-state index in [9.17, 15) is 12.8 Å². The highest BCUT2D eigenvalue weighted by molar-refractivity contribution is 7.89. The molecule has 3 aromatic rings. The molecule has 1 aliphatic rings. The topological polar surface area (TPSA) is 66.4 Å². The molecule has 0 amide bonds. The van der Waals surface area contributed by atoms with E-state index in [1.807, 2.05) is 11.0 Å². The van der Waals surface area contributed by atoms with Gasteiger partial charge < -0.3 is 4.90 Å². The lowest BCUT2D eigenvalue weighted by Crippen LogP contribution is -2.48. The fourth-order valence-electron chi connectivity index (χ4n) is 3.23. The van der Waals surface area contributed by atoms with E-state index >= 15 is 0 Å². The van der Waals surface area contributed by atoms with E-state index in [1.54, 1.807) is 30.3 Å². The lowest BCUT2D eigenvalue weighted by atomic mass is 10.1. The third-order valence-corrected chi connectivity index (χ3v) is 6.92. The number of benzene rings is 2. The number of piperazine rings is 1. The monoisotopic (exact) mass is 432 g/mol. The van der Waals surface area contributed by atoms with Gasteiger partial charge in [0.1, 0.15) is 18.0 Å². The highest BCUT2D eigenvalue weighted by atomic mass is 35.5. The number of rotatable bonds is 4. The Morgan fingerprint density at radius 2 is 1.66 bits per heavy atom. The van der Waals surface area contributed by atoms with Crippen molar-refractivity contribution in [2.75, 3.05) is 31.1 Å². The lowest BCUT2D eigenvalue weighted by Gasteiger charge is -2.34. The molecule has 4 rings (SSSR count). The first kappa shape index (κ1) is 19.8. The molecule has 2 aromatic carbocycles. The van der Waals surface area contributed by atoms with E-state index in [-0.39, 0.29) is 10.7 Å². The summed E-state index contributed by atoms with van der Waals surface area (Å²) in [5.74, 6) is 0.402. The number of anilines is 1.